The first-order valence-electron chi connectivity index (χ1n) is 6.40. The highest BCUT2D eigenvalue weighted by molar-refractivity contribution is 6.31. The zero-order valence-corrected chi connectivity index (χ0v) is 12.0. The zero-order chi connectivity index (χ0) is 13.8. The van der Waals surface area contributed by atoms with Crippen LogP contribution in [0.2, 0.25) is 5.02 Å². The van der Waals surface area contributed by atoms with Gasteiger partial charge in [0.15, 0.2) is 0 Å². The molecular weight excluding hydrogens is 260 g/mol. The Morgan fingerprint density at radius 2 is 2.26 bits per heavy atom. The number of hydrogen-bond acceptors (Lipinski definition) is 3. The van der Waals surface area contributed by atoms with E-state index in [-0.39, 0.29) is 6.04 Å². The van der Waals surface area contributed by atoms with Gasteiger partial charge >= 0.3 is 0 Å². The Labute approximate surface area is 118 Å². The molecule has 2 aromatic rings. The van der Waals surface area contributed by atoms with Gasteiger partial charge in [-0.15, -0.1) is 0 Å². The highest BCUT2D eigenvalue weighted by Gasteiger charge is 2.17. The Balaban J connectivity index is 2.35. The number of benzene rings is 1. The molecule has 1 aromatic heterocycles. The first-order valence-corrected chi connectivity index (χ1v) is 6.78. The van der Waals surface area contributed by atoms with Crippen molar-refractivity contribution in [2.24, 2.45) is 5.84 Å². The summed E-state index contributed by atoms with van der Waals surface area (Å²) in [5.74, 6) is 5.71. The third-order valence-electron chi connectivity index (χ3n) is 3.23. The summed E-state index contributed by atoms with van der Waals surface area (Å²) in [6.45, 7) is 5.03. The minimum Gasteiger partial charge on any atom is -0.272 e. The van der Waals surface area contributed by atoms with E-state index in [0.717, 1.165) is 34.7 Å². The lowest BCUT2D eigenvalue weighted by Crippen LogP contribution is -2.29. The molecule has 0 fully saturated rings. The number of nitrogens with one attached hydrogen (secondary N) is 1. The highest BCUT2D eigenvalue weighted by atomic mass is 35.5. The van der Waals surface area contributed by atoms with Gasteiger partial charge in [0.25, 0.3) is 0 Å². The molecule has 0 radical (unpaired) electrons. The van der Waals surface area contributed by atoms with Gasteiger partial charge in [0.05, 0.1) is 12.2 Å². The van der Waals surface area contributed by atoms with E-state index in [1.807, 2.05) is 42.2 Å². The molecule has 1 atom stereocenters. The van der Waals surface area contributed by atoms with Crippen molar-refractivity contribution in [2.45, 2.75) is 32.9 Å². The summed E-state index contributed by atoms with van der Waals surface area (Å²) >= 11 is 6.17. The minimum absolute atomic E-state index is 0.0932. The summed E-state index contributed by atoms with van der Waals surface area (Å²) in [4.78, 5) is 0. The molecule has 0 saturated heterocycles. The fourth-order valence-corrected chi connectivity index (χ4v) is 2.36. The number of nitrogens with two attached hydrogens (primary N) is 1. The van der Waals surface area contributed by atoms with Crippen molar-refractivity contribution in [3.8, 4) is 0 Å². The van der Waals surface area contributed by atoms with Crippen LogP contribution in [0.1, 0.15) is 36.1 Å². The Morgan fingerprint density at radius 1 is 1.47 bits per heavy atom. The normalized spacial score (nSPS) is 12.6. The maximum atomic E-state index is 6.17. The van der Waals surface area contributed by atoms with Gasteiger partial charge in [-0.1, -0.05) is 30.7 Å². The number of halogens is 1. The first-order chi connectivity index (χ1) is 9.17. The standard InChI is InChI=1S/C14H19ClN4/c1-3-7-19-9-11(8-17-19)14(18-16)12-5-4-6-13(15)10(12)2/h4-6,8-9,14,18H,3,7,16H2,1-2H3. The van der Waals surface area contributed by atoms with E-state index in [2.05, 4.69) is 17.4 Å². The molecule has 2 rings (SSSR count). The molecule has 0 bridgehead atoms. The number of aromatic nitrogens is 2. The van der Waals surface area contributed by atoms with E-state index < -0.39 is 0 Å². The SMILES string of the molecule is CCCn1cc(C(NN)c2cccc(Cl)c2C)cn1. The molecule has 0 aliphatic rings. The lowest BCUT2D eigenvalue weighted by Gasteiger charge is -2.17. The van der Waals surface area contributed by atoms with Gasteiger partial charge < -0.3 is 0 Å². The highest BCUT2D eigenvalue weighted by Crippen LogP contribution is 2.28. The van der Waals surface area contributed by atoms with Crippen LogP contribution in [0.5, 0.6) is 0 Å². The van der Waals surface area contributed by atoms with Gasteiger partial charge in [0.2, 0.25) is 0 Å². The number of rotatable bonds is 5. The number of hydrazine groups is 1. The van der Waals surface area contributed by atoms with Crippen LogP contribution in [0.3, 0.4) is 0 Å². The van der Waals surface area contributed by atoms with Crippen LogP contribution in [0.15, 0.2) is 30.6 Å². The van der Waals surface area contributed by atoms with Crippen molar-refractivity contribution in [3.63, 3.8) is 0 Å². The molecule has 1 heterocycles. The monoisotopic (exact) mass is 278 g/mol. The second kappa shape index (κ2) is 6.19. The molecule has 0 saturated carbocycles. The Bertz CT molecular complexity index is 550. The molecule has 0 spiro atoms. The lowest BCUT2D eigenvalue weighted by atomic mass is 9.98. The van der Waals surface area contributed by atoms with Crippen LogP contribution < -0.4 is 11.3 Å². The summed E-state index contributed by atoms with van der Waals surface area (Å²) in [6, 6.07) is 5.76. The zero-order valence-electron chi connectivity index (χ0n) is 11.2. The summed E-state index contributed by atoms with van der Waals surface area (Å²) in [7, 11) is 0. The fourth-order valence-electron chi connectivity index (χ4n) is 2.18. The van der Waals surface area contributed by atoms with Crippen molar-refractivity contribution >= 4 is 11.6 Å². The smallest absolute Gasteiger partial charge is 0.0743 e. The molecule has 1 aromatic carbocycles. The minimum atomic E-state index is -0.0932. The van der Waals surface area contributed by atoms with Crippen LogP contribution in [0.25, 0.3) is 0 Å². The van der Waals surface area contributed by atoms with Gasteiger partial charge in [0, 0.05) is 23.3 Å². The lowest BCUT2D eigenvalue weighted by molar-refractivity contribution is 0.597. The van der Waals surface area contributed by atoms with E-state index in [9.17, 15) is 0 Å². The third-order valence-corrected chi connectivity index (χ3v) is 3.64. The molecule has 5 heteroatoms. The topological polar surface area (TPSA) is 55.9 Å². The summed E-state index contributed by atoms with van der Waals surface area (Å²) in [5, 5.41) is 5.09. The summed E-state index contributed by atoms with van der Waals surface area (Å²) < 4.78 is 1.93. The maximum Gasteiger partial charge on any atom is 0.0743 e. The van der Waals surface area contributed by atoms with E-state index in [0.29, 0.717) is 0 Å². The number of aryl methyl sites for hydroxylation is 1. The predicted octanol–water partition coefficient (Wildman–Crippen LogP) is 2.81. The van der Waals surface area contributed by atoms with E-state index in [4.69, 9.17) is 17.4 Å². The Hall–Kier alpha value is -1.36. The molecule has 3 N–H and O–H groups in total. The predicted molar refractivity (Wildman–Crippen MR) is 77.9 cm³/mol. The Morgan fingerprint density at radius 3 is 2.95 bits per heavy atom. The van der Waals surface area contributed by atoms with Crippen LogP contribution >= 0.6 is 11.6 Å². The molecule has 0 aliphatic heterocycles. The van der Waals surface area contributed by atoms with Gasteiger partial charge in [-0.2, -0.15) is 5.10 Å². The van der Waals surface area contributed by atoms with Crippen LogP contribution in [0, 0.1) is 6.92 Å². The van der Waals surface area contributed by atoms with Crippen molar-refractivity contribution < 1.29 is 0 Å². The second-order valence-electron chi connectivity index (χ2n) is 4.59. The van der Waals surface area contributed by atoms with Crippen LogP contribution in [0.4, 0.5) is 0 Å². The summed E-state index contributed by atoms with van der Waals surface area (Å²) in [5.41, 5.74) is 6.00. The number of hydrogen-bond donors (Lipinski definition) is 2. The van der Waals surface area contributed by atoms with Crippen molar-refractivity contribution in [2.75, 3.05) is 0 Å². The largest absolute Gasteiger partial charge is 0.272 e. The first kappa shape index (κ1) is 14.1. The van der Waals surface area contributed by atoms with Gasteiger partial charge in [-0.25, -0.2) is 5.43 Å². The van der Waals surface area contributed by atoms with E-state index in [1.54, 1.807) is 0 Å². The average Bonchev–Trinajstić information content (AvgIpc) is 2.84. The van der Waals surface area contributed by atoms with Gasteiger partial charge in [-0.3, -0.25) is 10.5 Å². The molecular formula is C14H19ClN4. The molecule has 1 unspecified atom stereocenters. The Kier molecular flexibility index (Phi) is 4.58. The molecule has 102 valence electrons. The molecule has 19 heavy (non-hydrogen) atoms. The summed E-state index contributed by atoms with van der Waals surface area (Å²) in [6.07, 6.45) is 4.92. The third kappa shape index (κ3) is 2.97. The van der Waals surface area contributed by atoms with Gasteiger partial charge in [0.1, 0.15) is 0 Å². The fraction of sp³-hybridized carbons (Fsp3) is 0.357. The van der Waals surface area contributed by atoms with Crippen LogP contribution in [-0.4, -0.2) is 9.78 Å². The maximum absolute atomic E-state index is 6.17. The number of nitrogens with zero attached hydrogens (tertiary/aromatic N) is 2. The second-order valence-corrected chi connectivity index (χ2v) is 5.00. The molecule has 0 amide bonds. The van der Waals surface area contributed by atoms with Gasteiger partial charge in [-0.05, 0) is 30.5 Å². The quantitative estimate of drug-likeness (QED) is 0.653. The van der Waals surface area contributed by atoms with Crippen LogP contribution in [-0.2, 0) is 6.54 Å². The van der Waals surface area contributed by atoms with Crippen molar-refractivity contribution in [1.82, 2.24) is 15.2 Å². The average molecular weight is 279 g/mol. The van der Waals surface area contributed by atoms with E-state index in [1.165, 1.54) is 0 Å². The molecule has 0 aliphatic carbocycles. The molecule has 4 nitrogen and oxygen atoms in total. The van der Waals surface area contributed by atoms with Crippen molar-refractivity contribution in [1.29, 1.82) is 0 Å². The van der Waals surface area contributed by atoms with Crippen molar-refractivity contribution in [3.05, 3.63) is 52.3 Å². The van der Waals surface area contributed by atoms with E-state index >= 15 is 0 Å².